The Morgan fingerprint density at radius 1 is 1.18 bits per heavy atom. The van der Waals surface area contributed by atoms with Crippen LogP contribution in [0, 0.1) is 0 Å². The first kappa shape index (κ1) is 21.2. The van der Waals surface area contributed by atoms with Crippen molar-refractivity contribution in [3.63, 3.8) is 0 Å². The van der Waals surface area contributed by atoms with Gasteiger partial charge >= 0.3 is 12.2 Å². The lowest BCUT2D eigenvalue weighted by Gasteiger charge is -2.23. The Hall–Kier alpha value is -3.63. The summed E-state index contributed by atoms with van der Waals surface area (Å²) in [7, 11) is 0. The molecule has 1 atom stereocenters. The second kappa shape index (κ2) is 7.75. The maximum atomic E-state index is 13.2. The number of aryl methyl sites for hydroxylation is 1. The number of halogens is 3. The highest BCUT2D eigenvalue weighted by Crippen LogP contribution is 2.44. The minimum atomic E-state index is -4.59. The van der Waals surface area contributed by atoms with Crippen LogP contribution in [0.2, 0.25) is 0 Å². The number of rotatable bonds is 3. The van der Waals surface area contributed by atoms with Crippen molar-refractivity contribution < 1.29 is 18.0 Å². The van der Waals surface area contributed by atoms with Gasteiger partial charge in [0, 0.05) is 61.4 Å². The summed E-state index contributed by atoms with van der Waals surface area (Å²) in [5.74, 6) is -0.557. The van der Waals surface area contributed by atoms with Gasteiger partial charge in [-0.1, -0.05) is 0 Å². The van der Waals surface area contributed by atoms with Crippen molar-refractivity contribution in [2.24, 2.45) is 0 Å². The second-order valence-corrected chi connectivity index (χ2v) is 8.51. The van der Waals surface area contributed by atoms with Crippen LogP contribution in [-0.4, -0.2) is 43.8 Å². The number of likely N-dealkylation sites (tertiary alicyclic amines) is 1. The van der Waals surface area contributed by atoms with Crippen LogP contribution in [0.15, 0.2) is 42.9 Å². The number of carbonyl (C=O) groups is 1. The summed E-state index contributed by atoms with van der Waals surface area (Å²) in [4.78, 5) is 22.2. The third kappa shape index (κ3) is 3.87. The number of nitrogen functional groups attached to an aromatic ring is 1. The van der Waals surface area contributed by atoms with Gasteiger partial charge in [-0.3, -0.25) is 9.67 Å². The Balaban J connectivity index is 1.33. The molecule has 0 saturated carbocycles. The fraction of sp³-hybridized carbons (Fsp3) is 0.364. The van der Waals surface area contributed by atoms with Crippen molar-refractivity contribution in [3.8, 4) is 11.3 Å². The first-order valence-electron chi connectivity index (χ1n) is 10.6. The van der Waals surface area contributed by atoms with Gasteiger partial charge in [0.25, 0.3) is 0 Å². The molecule has 2 aliphatic rings. The predicted molar refractivity (Wildman–Crippen MR) is 114 cm³/mol. The minimum Gasteiger partial charge on any atom is -0.383 e. The number of alkyl halides is 3. The predicted octanol–water partition coefficient (Wildman–Crippen LogP) is 3.20. The molecule has 2 amide bonds. The molecule has 3 N–H and O–H groups in total. The van der Waals surface area contributed by atoms with Crippen LogP contribution in [0.3, 0.4) is 0 Å². The monoisotopic (exact) mass is 457 g/mol. The molecule has 5 heterocycles. The van der Waals surface area contributed by atoms with E-state index in [2.05, 4.69) is 20.4 Å². The SMILES string of the molecule is Nc1ncc(-c2cc3n(n2)CCC32CCN(C(=O)NCc3ccncc3)C2)cc1C(F)(F)F. The topological polar surface area (TPSA) is 102 Å². The van der Waals surface area contributed by atoms with E-state index >= 15 is 0 Å². The number of nitrogens with one attached hydrogen (secondary N) is 1. The van der Waals surface area contributed by atoms with Gasteiger partial charge in [-0.15, -0.1) is 0 Å². The number of anilines is 1. The Bertz CT molecular complexity index is 1190. The highest BCUT2D eigenvalue weighted by Gasteiger charge is 2.47. The number of nitrogens with zero attached hydrogens (tertiary/aromatic N) is 5. The van der Waals surface area contributed by atoms with E-state index in [0.717, 1.165) is 30.2 Å². The molecule has 3 aromatic rings. The van der Waals surface area contributed by atoms with Gasteiger partial charge in [-0.25, -0.2) is 9.78 Å². The van der Waals surface area contributed by atoms with E-state index in [1.54, 1.807) is 17.3 Å². The first-order chi connectivity index (χ1) is 15.7. The molecule has 3 aromatic heterocycles. The first-order valence-corrected chi connectivity index (χ1v) is 10.6. The molecule has 0 bridgehead atoms. The van der Waals surface area contributed by atoms with Gasteiger partial charge < -0.3 is 16.0 Å². The van der Waals surface area contributed by atoms with E-state index in [-0.39, 0.29) is 17.0 Å². The quantitative estimate of drug-likeness (QED) is 0.629. The van der Waals surface area contributed by atoms with Crippen LogP contribution in [0.5, 0.6) is 0 Å². The number of hydrogen-bond acceptors (Lipinski definition) is 5. The van der Waals surface area contributed by atoms with Crippen LogP contribution in [-0.2, 0) is 24.7 Å². The lowest BCUT2D eigenvalue weighted by Crippen LogP contribution is -2.40. The molecule has 1 fully saturated rings. The summed E-state index contributed by atoms with van der Waals surface area (Å²) >= 11 is 0. The molecule has 8 nitrogen and oxygen atoms in total. The normalized spacial score (nSPS) is 19.8. The van der Waals surface area contributed by atoms with Gasteiger partial charge in [0.05, 0.1) is 11.3 Å². The Morgan fingerprint density at radius 3 is 2.70 bits per heavy atom. The van der Waals surface area contributed by atoms with Gasteiger partial charge in [-0.2, -0.15) is 18.3 Å². The van der Waals surface area contributed by atoms with Crippen LogP contribution in [0.25, 0.3) is 11.3 Å². The number of pyridine rings is 2. The van der Waals surface area contributed by atoms with E-state index in [0.29, 0.717) is 31.9 Å². The van der Waals surface area contributed by atoms with Crippen LogP contribution >= 0.6 is 0 Å². The van der Waals surface area contributed by atoms with Crippen LogP contribution in [0.4, 0.5) is 23.8 Å². The lowest BCUT2D eigenvalue weighted by atomic mass is 9.82. The molecule has 11 heteroatoms. The van der Waals surface area contributed by atoms with Crippen molar-refractivity contribution in [2.45, 2.75) is 37.5 Å². The molecule has 2 aliphatic heterocycles. The van der Waals surface area contributed by atoms with Crippen molar-refractivity contribution >= 4 is 11.8 Å². The summed E-state index contributed by atoms with van der Waals surface area (Å²) < 4.78 is 41.6. The third-order valence-corrected chi connectivity index (χ3v) is 6.48. The number of amides is 2. The standard InChI is InChI=1S/C22H22F3N7O/c23-22(24,25)16-9-15(12-28-19(16)26)17-10-18-21(4-8-32(18)30-17)3-7-31(13-21)20(33)29-11-14-1-5-27-6-2-14/h1-2,5-6,9-10,12H,3-4,7-8,11,13H2,(H2,26,28)(H,29,33). The number of urea groups is 1. The summed E-state index contributed by atoms with van der Waals surface area (Å²) in [5.41, 5.74) is 6.78. The molecule has 0 aromatic carbocycles. The van der Waals surface area contributed by atoms with Crippen LogP contribution in [0.1, 0.15) is 29.7 Å². The number of fused-ring (bicyclic) bond motifs is 2. The van der Waals surface area contributed by atoms with E-state index in [1.807, 2.05) is 22.9 Å². The van der Waals surface area contributed by atoms with Gasteiger partial charge in [0.1, 0.15) is 5.82 Å². The second-order valence-electron chi connectivity index (χ2n) is 8.51. The van der Waals surface area contributed by atoms with Crippen LogP contribution < -0.4 is 11.1 Å². The average Bonchev–Trinajstić information content (AvgIpc) is 3.49. The van der Waals surface area contributed by atoms with Gasteiger partial charge in [-0.05, 0) is 42.7 Å². The highest BCUT2D eigenvalue weighted by molar-refractivity contribution is 5.75. The van der Waals surface area contributed by atoms with Crippen molar-refractivity contribution in [1.82, 2.24) is 30.0 Å². The molecule has 1 spiro atoms. The smallest absolute Gasteiger partial charge is 0.383 e. The average molecular weight is 457 g/mol. The molecule has 172 valence electrons. The van der Waals surface area contributed by atoms with Crippen molar-refractivity contribution in [2.75, 3.05) is 18.8 Å². The molecule has 1 saturated heterocycles. The van der Waals surface area contributed by atoms with Gasteiger partial charge in [0.15, 0.2) is 0 Å². The molecular formula is C22H22F3N7O. The fourth-order valence-electron chi connectivity index (χ4n) is 4.69. The summed E-state index contributed by atoms with van der Waals surface area (Å²) in [6.07, 6.45) is 1.68. The molecule has 33 heavy (non-hydrogen) atoms. The largest absolute Gasteiger partial charge is 0.419 e. The number of carbonyl (C=O) groups excluding carboxylic acids is 1. The maximum absolute atomic E-state index is 13.2. The highest BCUT2D eigenvalue weighted by atomic mass is 19.4. The fourth-order valence-corrected chi connectivity index (χ4v) is 4.69. The van der Waals surface area contributed by atoms with Crippen molar-refractivity contribution in [3.05, 3.63) is 59.7 Å². The summed E-state index contributed by atoms with van der Waals surface area (Å²) in [5, 5.41) is 7.46. The third-order valence-electron chi connectivity index (χ3n) is 6.48. The molecular weight excluding hydrogens is 435 g/mol. The molecule has 5 rings (SSSR count). The number of aromatic nitrogens is 4. The molecule has 0 radical (unpaired) electrons. The lowest BCUT2D eigenvalue weighted by molar-refractivity contribution is -0.137. The Morgan fingerprint density at radius 2 is 1.94 bits per heavy atom. The Kier molecular flexibility index (Phi) is 4.98. The van der Waals surface area contributed by atoms with E-state index in [1.165, 1.54) is 6.20 Å². The van der Waals surface area contributed by atoms with E-state index in [4.69, 9.17) is 5.73 Å². The number of hydrogen-bond donors (Lipinski definition) is 2. The Labute approximate surface area is 187 Å². The van der Waals surface area contributed by atoms with E-state index in [9.17, 15) is 18.0 Å². The summed E-state index contributed by atoms with van der Waals surface area (Å²) in [6.45, 7) is 2.20. The van der Waals surface area contributed by atoms with Crippen molar-refractivity contribution in [1.29, 1.82) is 0 Å². The van der Waals surface area contributed by atoms with E-state index < -0.39 is 17.6 Å². The molecule has 0 aliphatic carbocycles. The zero-order chi connectivity index (χ0) is 23.2. The maximum Gasteiger partial charge on any atom is 0.419 e. The zero-order valence-electron chi connectivity index (χ0n) is 17.6. The van der Waals surface area contributed by atoms with Gasteiger partial charge in [0.2, 0.25) is 0 Å². The minimum absolute atomic E-state index is 0.139. The zero-order valence-corrected chi connectivity index (χ0v) is 17.6. The number of nitrogens with two attached hydrogens (primary N) is 1. The molecule has 1 unspecified atom stereocenters. The summed E-state index contributed by atoms with van der Waals surface area (Å²) in [6, 6.07) is 6.36.